The predicted molar refractivity (Wildman–Crippen MR) is 77.0 cm³/mol. The first-order valence-electron chi connectivity index (χ1n) is 9.13. The fourth-order valence-corrected chi connectivity index (χ4v) is 6.80. The Morgan fingerprint density at radius 3 is 2.11 bits per heavy atom. The normalized spacial score (nSPS) is 57.1. The molecule has 3 saturated heterocycles. The van der Waals surface area contributed by atoms with Crippen LogP contribution in [0, 0.1) is 23.2 Å². The van der Waals surface area contributed by atoms with Crippen LogP contribution in [0.1, 0.15) is 51.4 Å². The van der Waals surface area contributed by atoms with E-state index in [0.29, 0.717) is 0 Å². The lowest BCUT2D eigenvalue weighted by atomic mass is 9.49. The summed E-state index contributed by atoms with van der Waals surface area (Å²) < 4.78 is 7.80. The Hall–Kier alpha value is -0.0800. The minimum atomic E-state index is 0.722. The number of rotatable bonds is 3. The fraction of sp³-hybridized carbons (Fsp3) is 1.00. The maximum atomic E-state index is 7.80. The van der Waals surface area contributed by atoms with Crippen LogP contribution in [0.4, 0.5) is 0 Å². The second-order valence-electron chi connectivity index (χ2n) is 8.54. The predicted octanol–water partition coefficient (Wildman–Crippen LogP) is 2.64. The number of hydrogen-bond donors (Lipinski definition) is 1. The molecule has 7 rings (SSSR count). The number of piperidine rings is 1. The smallest absolute Gasteiger partial charge is 0.122 e. The third-order valence-electron chi connectivity index (χ3n) is 7.23. The lowest BCUT2D eigenvalue weighted by Gasteiger charge is -2.59. The van der Waals surface area contributed by atoms with Gasteiger partial charge in [0.15, 0.2) is 0 Å². The Morgan fingerprint density at radius 2 is 1.53 bits per heavy atom. The summed E-state index contributed by atoms with van der Waals surface area (Å²) in [6.07, 6.45) is 12.2. The zero-order valence-electron chi connectivity index (χ0n) is 13.1. The molecule has 0 aromatic rings. The summed E-state index contributed by atoms with van der Waals surface area (Å²) >= 11 is 0. The molecule has 4 saturated carbocycles. The van der Waals surface area contributed by atoms with E-state index in [9.17, 15) is 0 Å². The summed E-state index contributed by atoms with van der Waals surface area (Å²) in [6.45, 7) is 3.34. The molecule has 3 aliphatic heterocycles. The molecule has 7 fully saturated rings. The lowest BCUT2D eigenvalue weighted by molar-refractivity contribution is -0.0788. The van der Waals surface area contributed by atoms with Crippen LogP contribution in [0.3, 0.4) is 0 Å². The molecule has 7 aliphatic rings. The van der Waals surface area contributed by atoms with Crippen molar-refractivity contribution in [2.75, 3.05) is 19.6 Å². The fourth-order valence-electron chi connectivity index (χ4n) is 6.80. The van der Waals surface area contributed by atoms with Gasteiger partial charge < -0.3 is 5.31 Å². The first-order valence-corrected chi connectivity index (χ1v) is 8.69. The summed E-state index contributed by atoms with van der Waals surface area (Å²) in [5, 5.41) is 1.79. The second kappa shape index (κ2) is 3.98. The monoisotopic (exact) mass is 261 g/mol. The molecule has 19 heavy (non-hydrogen) atoms. The highest BCUT2D eigenvalue weighted by atomic mass is 15.3. The van der Waals surface area contributed by atoms with Gasteiger partial charge in [0, 0.05) is 25.2 Å². The molecule has 0 spiro atoms. The van der Waals surface area contributed by atoms with Crippen LogP contribution >= 0.6 is 0 Å². The first kappa shape index (κ1) is 10.6. The van der Waals surface area contributed by atoms with E-state index in [1.165, 1.54) is 19.4 Å². The van der Waals surface area contributed by atoms with Crippen LogP contribution in [-0.4, -0.2) is 36.6 Å². The van der Waals surface area contributed by atoms with E-state index in [-0.39, 0.29) is 0 Å². The van der Waals surface area contributed by atoms with E-state index in [4.69, 9.17) is 1.41 Å². The van der Waals surface area contributed by atoms with Gasteiger partial charge in [-0.2, -0.15) is 0 Å². The van der Waals surface area contributed by atoms with E-state index in [1.807, 2.05) is 0 Å². The van der Waals surface area contributed by atoms with Crippen molar-refractivity contribution < 1.29 is 1.41 Å². The van der Waals surface area contributed by atoms with Crippen LogP contribution in [0.15, 0.2) is 0 Å². The Labute approximate surface area is 118 Å². The van der Waals surface area contributed by atoms with Crippen molar-refractivity contribution >= 4 is 0 Å². The van der Waals surface area contributed by atoms with Gasteiger partial charge in [-0.3, -0.25) is 4.90 Å². The summed E-state index contributed by atoms with van der Waals surface area (Å²) in [7, 11) is 0. The first-order chi connectivity index (χ1) is 9.69. The number of hydrogen-bond acceptors (Lipinski definition) is 2. The molecule has 0 radical (unpaired) electrons. The van der Waals surface area contributed by atoms with Gasteiger partial charge >= 0.3 is 0 Å². The van der Waals surface area contributed by atoms with Crippen molar-refractivity contribution in [2.24, 2.45) is 23.2 Å². The molecule has 4 aliphatic carbocycles. The Kier molecular flexibility index (Phi) is 2.22. The van der Waals surface area contributed by atoms with Gasteiger partial charge in [0.05, 0.1) is 0 Å². The number of piperazine rings is 1. The maximum Gasteiger partial charge on any atom is 0.122 e. The molecule has 2 atom stereocenters. The molecule has 2 unspecified atom stereocenters. The molecule has 1 N–H and O–H groups in total. The van der Waals surface area contributed by atoms with Crippen molar-refractivity contribution in [3.63, 3.8) is 0 Å². The average Bonchev–Trinajstić information content (AvgIpc) is 2.36. The highest BCUT2D eigenvalue weighted by Crippen LogP contribution is 2.61. The third-order valence-corrected chi connectivity index (χ3v) is 7.23. The molecule has 6 bridgehead atoms. The summed E-state index contributed by atoms with van der Waals surface area (Å²) in [4.78, 5) is 2.75. The van der Waals surface area contributed by atoms with Crippen LogP contribution in [0.25, 0.3) is 0 Å². The number of fused-ring (bicyclic) bond motifs is 2. The molecule has 2 nitrogen and oxygen atoms in total. The van der Waals surface area contributed by atoms with Crippen molar-refractivity contribution in [3.05, 3.63) is 0 Å². The van der Waals surface area contributed by atoms with E-state index in [2.05, 4.69) is 4.90 Å². The van der Waals surface area contributed by atoms with Crippen LogP contribution in [0.2, 0.25) is 1.41 Å². The van der Waals surface area contributed by atoms with Gasteiger partial charge in [0.2, 0.25) is 0 Å². The largest absolute Gasteiger partial charge is 0.314 e. The van der Waals surface area contributed by atoms with E-state index in [1.54, 1.807) is 43.8 Å². The van der Waals surface area contributed by atoms with Crippen molar-refractivity contribution in [2.45, 2.75) is 63.5 Å². The zero-order chi connectivity index (χ0) is 13.3. The van der Waals surface area contributed by atoms with Crippen LogP contribution in [-0.2, 0) is 0 Å². The molecule has 0 aromatic carbocycles. The summed E-state index contributed by atoms with van der Waals surface area (Å²) in [6, 6.07) is 1.44. The van der Waals surface area contributed by atoms with Gasteiger partial charge in [-0.05, 0) is 81.1 Å². The van der Waals surface area contributed by atoms with Gasteiger partial charge in [-0.1, -0.05) is 0 Å². The average molecular weight is 261 g/mol. The highest BCUT2D eigenvalue weighted by molar-refractivity contribution is 5.04. The van der Waals surface area contributed by atoms with Gasteiger partial charge in [-0.15, -0.1) is 0 Å². The van der Waals surface area contributed by atoms with E-state index >= 15 is 0 Å². The Balaban J connectivity index is 1.24. The highest BCUT2D eigenvalue weighted by Gasteiger charge is 2.51. The standard InChI is InChI=1S/C17H28N2/c1(2-19-15-6-16(19)11-18-10-15)17-7-12-3-13(8-17)5-14(4-12)9-17/h12-16,18H,1-11H2/i/hD. The van der Waals surface area contributed by atoms with E-state index in [0.717, 1.165) is 48.3 Å². The van der Waals surface area contributed by atoms with E-state index < -0.39 is 0 Å². The number of nitrogens with zero attached hydrogens (tertiary/aromatic N) is 1. The zero-order valence-corrected chi connectivity index (χ0v) is 12.1. The Bertz CT molecular complexity index is 363. The van der Waals surface area contributed by atoms with Crippen molar-refractivity contribution in [1.82, 2.24) is 10.2 Å². The molecule has 3 heterocycles. The molecule has 106 valence electrons. The van der Waals surface area contributed by atoms with Gasteiger partial charge in [0.25, 0.3) is 0 Å². The second-order valence-corrected chi connectivity index (χ2v) is 8.54. The van der Waals surface area contributed by atoms with Crippen LogP contribution < -0.4 is 5.31 Å². The lowest BCUT2D eigenvalue weighted by Crippen LogP contribution is -2.68. The SMILES string of the molecule is [2H]N1CC2CC(C1)N2CCC12CC3CC(CC(C3)C1)C2. The summed E-state index contributed by atoms with van der Waals surface area (Å²) in [5.41, 5.74) is 0.749. The van der Waals surface area contributed by atoms with Gasteiger partial charge in [0.1, 0.15) is 1.41 Å². The molecular weight excluding hydrogens is 232 g/mol. The van der Waals surface area contributed by atoms with Crippen LogP contribution in [0.5, 0.6) is 0 Å². The minimum Gasteiger partial charge on any atom is -0.314 e. The molecule has 0 amide bonds. The third kappa shape index (κ3) is 1.75. The number of nitrogens with one attached hydrogen (secondary N) is 1. The minimum absolute atomic E-state index is 0.722. The quantitative estimate of drug-likeness (QED) is 0.840. The van der Waals surface area contributed by atoms with Gasteiger partial charge in [-0.25, -0.2) is 0 Å². The van der Waals surface area contributed by atoms with Crippen molar-refractivity contribution in [3.8, 4) is 0 Å². The molecule has 0 aromatic heterocycles. The van der Waals surface area contributed by atoms with Crippen molar-refractivity contribution in [1.29, 1.82) is 0 Å². The molecule has 2 heteroatoms. The topological polar surface area (TPSA) is 15.3 Å². The Morgan fingerprint density at radius 1 is 0.947 bits per heavy atom. The molecular formula is C17H28N2. The summed E-state index contributed by atoms with van der Waals surface area (Å²) in [5.74, 6) is 3.29. The maximum absolute atomic E-state index is 7.80.